The van der Waals surface area contributed by atoms with Crippen LogP contribution in [0.1, 0.15) is 73.1 Å². The topological polar surface area (TPSA) is 56.0 Å². The molecule has 6 heteroatoms. The van der Waals surface area contributed by atoms with Gasteiger partial charge in [0, 0.05) is 49.7 Å². The standard InChI is InChI=1S/C19H29N5O/c1-6-24-15(5)17(14(4)21-24)19(25)22-10-7-8-16(12-22)18-20-9-11-23(18)13(2)3/h9,11,13,16H,6-8,10,12H2,1-5H3/t16-/m0/s1. The molecule has 3 heterocycles. The second-order valence-electron chi connectivity index (χ2n) is 7.24. The van der Waals surface area contributed by atoms with Crippen LogP contribution in [0.5, 0.6) is 0 Å². The van der Waals surface area contributed by atoms with E-state index in [0.29, 0.717) is 12.0 Å². The van der Waals surface area contributed by atoms with E-state index in [0.717, 1.165) is 55.3 Å². The Morgan fingerprint density at radius 1 is 1.36 bits per heavy atom. The summed E-state index contributed by atoms with van der Waals surface area (Å²) < 4.78 is 4.14. The molecule has 1 amide bonds. The van der Waals surface area contributed by atoms with Gasteiger partial charge < -0.3 is 9.47 Å². The van der Waals surface area contributed by atoms with Gasteiger partial charge in [-0.25, -0.2) is 4.98 Å². The molecule has 0 aliphatic carbocycles. The van der Waals surface area contributed by atoms with Crippen molar-refractivity contribution < 1.29 is 4.79 Å². The third-order valence-corrected chi connectivity index (χ3v) is 5.22. The fourth-order valence-electron chi connectivity index (χ4n) is 3.92. The number of piperidine rings is 1. The Kier molecular flexibility index (Phi) is 4.97. The summed E-state index contributed by atoms with van der Waals surface area (Å²) in [5, 5.41) is 4.50. The smallest absolute Gasteiger partial charge is 0.257 e. The van der Waals surface area contributed by atoms with Crippen LogP contribution < -0.4 is 0 Å². The molecule has 1 aliphatic heterocycles. The number of hydrogen-bond acceptors (Lipinski definition) is 3. The van der Waals surface area contributed by atoms with Crippen LogP contribution in [-0.4, -0.2) is 43.2 Å². The first kappa shape index (κ1) is 17.7. The minimum Gasteiger partial charge on any atom is -0.338 e. The fourth-order valence-corrected chi connectivity index (χ4v) is 3.92. The highest BCUT2D eigenvalue weighted by Crippen LogP contribution is 2.29. The predicted octanol–water partition coefficient (Wildman–Crippen LogP) is 3.32. The highest BCUT2D eigenvalue weighted by molar-refractivity contribution is 5.96. The van der Waals surface area contributed by atoms with Crippen molar-refractivity contribution in [3.8, 4) is 0 Å². The maximum absolute atomic E-state index is 13.1. The molecule has 1 fully saturated rings. The van der Waals surface area contributed by atoms with Crippen molar-refractivity contribution in [1.29, 1.82) is 0 Å². The number of aryl methyl sites for hydroxylation is 2. The summed E-state index contributed by atoms with van der Waals surface area (Å²) in [5.41, 5.74) is 2.57. The number of carbonyl (C=O) groups excluding carboxylic acids is 1. The molecule has 0 aromatic carbocycles. The number of likely N-dealkylation sites (tertiary alicyclic amines) is 1. The van der Waals surface area contributed by atoms with Gasteiger partial charge in [0.15, 0.2) is 0 Å². The molecule has 2 aromatic rings. The minimum absolute atomic E-state index is 0.113. The average Bonchev–Trinajstić information content (AvgIpc) is 3.19. The van der Waals surface area contributed by atoms with E-state index in [1.807, 2.05) is 35.8 Å². The molecule has 3 rings (SSSR count). The Hall–Kier alpha value is -2.11. The molecule has 1 aliphatic rings. The molecule has 25 heavy (non-hydrogen) atoms. The summed E-state index contributed by atoms with van der Waals surface area (Å²) in [6, 6.07) is 0.385. The number of amides is 1. The molecule has 1 atom stereocenters. The van der Waals surface area contributed by atoms with E-state index in [9.17, 15) is 4.79 Å². The van der Waals surface area contributed by atoms with Gasteiger partial charge in [-0.15, -0.1) is 0 Å². The van der Waals surface area contributed by atoms with Gasteiger partial charge in [-0.2, -0.15) is 5.10 Å². The molecule has 0 N–H and O–H groups in total. The molecule has 0 unspecified atom stereocenters. The second-order valence-corrected chi connectivity index (χ2v) is 7.24. The van der Waals surface area contributed by atoms with Crippen LogP contribution in [-0.2, 0) is 6.54 Å². The van der Waals surface area contributed by atoms with Gasteiger partial charge in [-0.1, -0.05) is 0 Å². The number of imidazole rings is 1. The summed E-state index contributed by atoms with van der Waals surface area (Å²) in [5.74, 6) is 1.52. The van der Waals surface area contributed by atoms with Gasteiger partial charge >= 0.3 is 0 Å². The van der Waals surface area contributed by atoms with Crippen molar-refractivity contribution >= 4 is 5.91 Å². The average molecular weight is 343 g/mol. The number of aromatic nitrogens is 4. The lowest BCUT2D eigenvalue weighted by Crippen LogP contribution is -2.40. The molecule has 0 saturated carbocycles. The lowest BCUT2D eigenvalue weighted by molar-refractivity contribution is 0.0701. The van der Waals surface area contributed by atoms with E-state index in [1.54, 1.807) is 0 Å². The zero-order valence-corrected chi connectivity index (χ0v) is 16.0. The first-order chi connectivity index (χ1) is 11.9. The minimum atomic E-state index is 0.113. The third-order valence-electron chi connectivity index (χ3n) is 5.22. The maximum Gasteiger partial charge on any atom is 0.257 e. The van der Waals surface area contributed by atoms with Crippen LogP contribution in [0, 0.1) is 13.8 Å². The van der Waals surface area contributed by atoms with Crippen molar-refractivity contribution in [2.24, 2.45) is 0 Å². The Balaban J connectivity index is 1.83. The first-order valence-corrected chi connectivity index (χ1v) is 9.30. The summed E-state index contributed by atoms with van der Waals surface area (Å²) in [6.45, 7) is 12.6. The van der Waals surface area contributed by atoms with E-state index in [2.05, 4.69) is 35.4 Å². The number of nitrogens with zero attached hydrogens (tertiary/aromatic N) is 5. The van der Waals surface area contributed by atoms with E-state index in [-0.39, 0.29) is 5.91 Å². The summed E-state index contributed by atoms with van der Waals surface area (Å²) in [4.78, 5) is 19.7. The Labute approximate surface area is 149 Å². The van der Waals surface area contributed by atoms with Gasteiger partial charge in [0.25, 0.3) is 5.91 Å². The van der Waals surface area contributed by atoms with E-state index in [1.165, 1.54) is 0 Å². The van der Waals surface area contributed by atoms with Gasteiger partial charge in [0.1, 0.15) is 5.82 Å². The van der Waals surface area contributed by atoms with Crippen LogP contribution in [0.15, 0.2) is 12.4 Å². The lowest BCUT2D eigenvalue weighted by atomic mass is 9.96. The Morgan fingerprint density at radius 3 is 2.76 bits per heavy atom. The zero-order chi connectivity index (χ0) is 18.1. The van der Waals surface area contributed by atoms with Gasteiger partial charge in [0.05, 0.1) is 11.3 Å². The summed E-state index contributed by atoms with van der Waals surface area (Å²) in [7, 11) is 0. The van der Waals surface area contributed by atoms with Crippen molar-refractivity contribution in [3.05, 3.63) is 35.2 Å². The predicted molar refractivity (Wildman–Crippen MR) is 97.9 cm³/mol. The molecular formula is C19H29N5O. The lowest BCUT2D eigenvalue weighted by Gasteiger charge is -2.33. The highest BCUT2D eigenvalue weighted by atomic mass is 16.2. The number of carbonyl (C=O) groups is 1. The first-order valence-electron chi connectivity index (χ1n) is 9.30. The van der Waals surface area contributed by atoms with E-state index >= 15 is 0 Å². The SMILES string of the molecule is CCn1nc(C)c(C(=O)N2CCC[C@H](c3nccn3C(C)C)C2)c1C. The largest absolute Gasteiger partial charge is 0.338 e. The normalized spacial score (nSPS) is 18.2. The number of rotatable bonds is 4. The molecule has 0 spiro atoms. The van der Waals surface area contributed by atoms with Crippen molar-refractivity contribution in [1.82, 2.24) is 24.2 Å². The van der Waals surface area contributed by atoms with Crippen molar-refractivity contribution in [2.75, 3.05) is 13.1 Å². The maximum atomic E-state index is 13.1. The van der Waals surface area contributed by atoms with Gasteiger partial charge in [0.2, 0.25) is 0 Å². The van der Waals surface area contributed by atoms with Crippen LogP contribution >= 0.6 is 0 Å². The van der Waals surface area contributed by atoms with Crippen molar-refractivity contribution in [2.45, 2.75) is 66.0 Å². The molecule has 0 radical (unpaired) electrons. The van der Waals surface area contributed by atoms with E-state index < -0.39 is 0 Å². The molecule has 1 saturated heterocycles. The van der Waals surface area contributed by atoms with Crippen LogP contribution in [0.4, 0.5) is 0 Å². The van der Waals surface area contributed by atoms with Gasteiger partial charge in [-0.3, -0.25) is 9.48 Å². The molecule has 2 aromatic heterocycles. The summed E-state index contributed by atoms with van der Waals surface area (Å²) >= 11 is 0. The molecule has 0 bridgehead atoms. The second kappa shape index (κ2) is 7.02. The van der Waals surface area contributed by atoms with E-state index in [4.69, 9.17) is 0 Å². The van der Waals surface area contributed by atoms with Crippen molar-refractivity contribution in [3.63, 3.8) is 0 Å². The third kappa shape index (κ3) is 3.22. The Bertz CT molecular complexity index is 758. The fraction of sp³-hybridized carbons (Fsp3) is 0.632. The molecule has 136 valence electrons. The molecule has 6 nitrogen and oxygen atoms in total. The monoisotopic (exact) mass is 343 g/mol. The number of hydrogen-bond donors (Lipinski definition) is 0. The highest BCUT2D eigenvalue weighted by Gasteiger charge is 2.30. The zero-order valence-electron chi connectivity index (χ0n) is 16.0. The summed E-state index contributed by atoms with van der Waals surface area (Å²) in [6.07, 6.45) is 6.01. The Morgan fingerprint density at radius 2 is 2.12 bits per heavy atom. The van der Waals surface area contributed by atoms with Crippen LogP contribution in [0.3, 0.4) is 0 Å². The van der Waals surface area contributed by atoms with Crippen LogP contribution in [0.25, 0.3) is 0 Å². The molecular weight excluding hydrogens is 314 g/mol. The van der Waals surface area contributed by atoms with Crippen LogP contribution in [0.2, 0.25) is 0 Å². The quantitative estimate of drug-likeness (QED) is 0.856. The van der Waals surface area contributed by atoms with Gasteiger partial charge in [-0.05, 0) is 47.5 Å².